The van der Waals surface area contributed by atoms with E-state index in [0.717, 1.165) is 55.1 Å². The first-order valence-electron chi connectivity index (χ1n) is 9.79. The second-order valence-electron chi connectivity index (χ2n) is 8.28. The molecule has 0 amide bonds. The molecule has 3 aromatic rings. The summed E-state index contributed by atoms with van der Waals surface area (Å²) in [6.07, 6.45) is 2.74. The van der Waals surface area contributed by atoms with Gasteiger partial charge in [0.15, 0.2) is 15.7 Å². The largest absolute Gasteiger partial charge is 0.340 e. The minimum absolute atomic E-state index is 0.122. The minimum Gasteiger partial charge on any atom is -0.340 e. The Morgan fingerprint density at radius 1 is 1.04 bits per heavy atom. The highest BCUT2D eigenvalue weighted by Gasteiger charge is 2.45. The van der Waals surface area contributed by atoms with Gasteiger partial charge >= 0.3 is 0 Å². The quantitative estimate of drug-likeness (QED) is 0.666. The fourth-order valence-electron chi connectivity index (χ4n) is 4.93. The molecule has 2 saturated heterocycles. The number of hydrogen-bond donors (Lipinski definition) is 0. The fraction of sp³-hybridized carbons (Fsp3) is 0.429. The van der Waals surface area contributed by atoms with Gasteiger partial charge in [0, 0.05) is 31.1 Å². The fourth-order valence-corrected chi connectivity index (χ4v) is 7.14. The van der Waals surface area contributed by atoms with E-state index in [1.54, 1.807) is 0 Å². The molecule has 1 atom stereocenters. The van der Waals surface area contributed by atoms with Crippen molar-refractivity contribution in [3.8, 4) is 11.4 Å². The van der Waals surface area contributed by atoms with Crippen LogP contribution >= 0.6 is 0 Å². The molecule has 2 fully saturated rings. The summed E-state index contributed by atoms with van der Waals surface area (Å²) in [5, 5.41) is 11.3. The standard InChI is InChI=1S/C21H24N4O2S/c1-24-19(18-9-4-7-16-6-2-3-8-17(16)18)22-23-20(24)25-12-5-10-21(14-25)11-13-28(26,27)15-21/h2-4,6-9H,5,10-15H2,1H3. The molecule has 0 N–H and O–H groups in total. The number of nitrogens with zero attached hydrogens (tertiary/aromatic N) is 4. The van der Waals surface area contributed by atoms with Crippen LogP contribution in [0.4, 0.5) is 5.95 Å². The predicted molar refractivity (Wildman–Crippen MR) is 111 cm³/mol. The molecule has 2 aliphatic rings. The number of aromatic nitrogens is 3. The lowest BCUT2D eigenvalue weighted by Crippen LogP contribution is -2.45. The molecule has 6 nitrogen and oxygen atoms in total. The third kappa shape index (κ3) is 2.89. The van der Waals surface area contributed by atoms with Crippen LogP contribution in [0, 0.1) is 5.41 Å². The Kier molecular flexibility index (Phi) is 3.98. The summed E-state index contributed by atoms with van der Waals surface area (Å²) in [5.74, 6) is 2.29. The van der Waals surface area contributed by atoms with E-state index in [4.69, 9.17) is 0 Å². The molecule has 0 bridgehead atoms. The average molecular weight is 397 g/mol. The Morgan fingerprint density at radius 2 is 1.86 bits per heavy atom. The predicted octanol–water partition coefficient (Wildman–Crippen LogP) is 3.04. The minimum atomic E-state index is -2.90. The van der Waals surface area contributed by atoms with Gasteiger partial charge in [-0.25, -0.2) is 8.42 Å². The smallest absolute Gasteiger partial charge is 0.227 e. The zero-order valence-corrected chi connectivity index (χ0v) is 16.8. The van der Waals surface area contributed by atoms with Gasteiger partial charge in [0.25, 0.3) is 0 Å². The molecule has 146 valence electrons. The third-order valence-corrected chi connectivity index (χ3v) is 8.17. The maximum Gasteiger partial charge on any atom is 0.227 e. The molecule has 28 heavy (non-hydrogen) atoms. The molecule has 0 aliphatic carbocycles. The molecule has 0 radical (unpaired) electrons. The van der Waals surface area contributed by atoms with Crippen LogP contribution in [-0.2, 0) is 16.9 Å². The zero-order valence-electron chi connectivity index (χ0n) is 16.0. The van der Waals surface area contributed by atoms with Gasteiger partial charge in [-0.05, 0) is 30.0 Å². The number of hydrogen-bond acceptors (Lipinski definition) is 5. The first-order valence-corrected chi connectivity index (χ1v) is 11.6. The molecule has 0 saturated carbocycles. The first-order chi connectivity index (χ1) is 13.5. The third-order valence-electron chi connectivity index (χ3n) is 6.30. The molecule has 1 unspecified atom stereocenters. The van der Waals surface area contributed by atoms with E-state index in [9.17, 15) is 8.42 Å². The normalized spacial score (nSPS) is 24.2. The first kappa shape index (κ1) is 17.7. The van der Waals surface area contributed by atoms with Gasteiger partial charge in [0.2, 0.25) is 5.95 Å². The van der Waals surface area contributed by atoms with Crippen LogP contribution < -0.4 is 4.90 Å². The zero-order chi connectivity index (χ0) is 19.4. The van der Waals surface area contributed by atoms with Gasteiger partial charge < -0.3 is 4.90 Å². The molecular weight excluding hydrogens is 372 g/mol. The molecule has 5 rings (SSSR count). The summed E-state index contributed by atoms with van der Waals surface area (Å²) >= 11 is 0. The average Bonchev–Trinajstić information content (AvgIpc) is 3.20. The highest BCUT2D eigenvalue weighted by Crippen LogP contribution is 2.41. The number of benzene rings is 2. The SMILES string of the molecule is Cn1c(-c2cccc3ccccc23)nnc1N1CCCC2(CCS(=O)(=O)C2)C1. The van der Waals surface area contributed by atoms with Crippen LogP contribution in [0.3, 0.4) is 0 Å². The second-order valence-corrected chi connectivity index (χ2v) is 10.5. The molecular formula is C21H24N4O2S. The van der Waals surface area contributed by atoms with E-state index >= 15 is 0 Å². The van der Waals surface area contributed by atoms with E-state index < -0.39 is 9.84 Å². The van der Waals surface area contributed by atoms with E-state index in [1.807, 2.05) is 29.8 Å². The second kappa shape index (κ2) is 6.30. The molecule has 2 aromatic carbocycles. The van der Waals surface area contributed by atoms with Crippen molar-refractivity contribution < 1.29 is 8.42 Å². The van der Waals surface area contributed by atoms with Gasteiger partial charge in [0.05, 0.1) is 11.5 Å². The summed E-state index contributed by atoms with van der Waals surface area (Å²) in [7, 11) is -0.903. The molecule has 1 spiro atoms. The van der Waals surface area contributed by atoms with Crippen molar-refractivity contribution >= 4 is 26.6 Å². The maximum atomic E-state index is 12.1. The lowest BCUT2D eigenvalue weighted by Gasteiger charge is -2.39. The Balaban J connectivity index is 1.51. The summed E-state index contributed by atoms with van der Waals surface area (Å²) in [6.45, 7) is 1.64. The summed E-state index contributed by atoms with van der Waals surface area (Å²) < 4.78 is 26.2. The Hall–Kier alpha value is -2.41. The van der Waals surface area contributed by atoms with Crippen molar-refractivity contribution in [3.63, 3.8) is 0 Å². The van der Waals surface area contributed by atoms with Gasteiger partial charge in [-0.2, -0.15) is 0 Å². The van der Waals surface area contributed by atoms with E-state index in [-0.39, 0.29) is 5.41 Å². The van der Waals surface area contributed by atoms with Crippen LogP contribution in [-0.4, -0.2) is 47.8 Å². The van der Waals surface area contributed by atoms with Crippen LogP contribution in [0.1, 0.15) is 19.3 Å². The summed E-state index contributed by atoms with van der Waals surface area (Å²) in [6, 6.07) is 14.5. The summed E-state index contributed by atoms with van der Waals surface area (Å²) in [5.41, 5.74) is 0.942. The van der Waals surface area contributed by atoms with Crippen molar-refractivity contribution in [3.05, 3.63) is 42.5 Å². The van der Waals surface area contributed by atoms with E-state index in [2.05, 4.69) is 39.4 Å². The molecule has 2 aliphatic heterocycles. The lowest BCUT2D eigenvalue weighted by atomic mass is 9.80. The number of rotatable bonds is 2. The van der Waals surface area contributed by atoms with Gasteiger partial charge in [-0.1, -0.05) is 42.5 Å². The Morgan fingerprint density at radius 3 is 2.68 bits per heavy atom. The highest BCUT2D eigenvalue weighted by molar-refractivity contribution is 7.91. The highest BCUT2D eigenvalue weighted by atomic mass is 32.2. The molecule has 3 heterocycles. The van der Waals surface area contributed by atoms with E-state index in [1.165, 1.54) is 5.39 Å². The Bertz CT molecular complexity index is 1150. The lowest BCUT2D eigenvalue weighted by molar-refractivity contribution is 0.267. The summed E-state index contributed by atoms with van der Waals surface area (Å²) in [4.78, 5) is 2.23. The van der Waals surface area contributed by atoms with Gasteiger partial charge in [-0.3, -0.25) is 4.57 Å². The van der Waals surface area contributed by atoms with Crippen molar-refractivity contribution in [2.24, 2.45) is 12.5 Å². The van der Waals surface area contributed by atoms with E-state index in [0.29, 0.717) is 11.5 Å². The van der Waals surface area contributed by atoms with Crippen molar-refractivity contribution in [2.75, 3.05) is 29.5 Å². The van der Waals surface area contributed by atoms with Crippen LogP contribution in [0.25, 0.3) is 22.2 Å². The van der Waals surface area contributed by atoms with Crippen molar-refractivity contribution in [2.45, 2.75) is 19.3 Å². The van der Waals surface area contributed by atoms with Gasteiger partial charge in [-0.15, -0.1) is 10.2 Å². The van der Waals surface area contributed by atoms with Crippen molar-refractivity contribution in [1.29, 1.82) is 0 Å². The molecule has 7 heteroatoms. The van der Waals surface area contributed by atoms with Gasteiger partial charge in [0.1, 0.15) is 0 Å². The monoisotopic (exact) mass is 396 g/mol. The van der Waals surface area contributed by atoms with Crippen molar-refractivity contribution in [1.82, 2.24) is 14.8 Å². The number of fused-ring (bicyclic) bond motifs is 1. The van der Waals surface area contributed by atoms with Crippen LogP contribution in [0.2, 0.25) is 0 Å². The van der Waals surface area contributed by atoms with Crippen LogP contribution in [0.15, 0.2) is 42.5 Å². The number of anilines is 1. The molecule has 1 aromatic heterocycles. The topological polar surface area (TPSA) is 68.1 Å². The number of piperidine rings is 1. The van der Waals surface area contributed by atoms with Crippen LogP contribution in [0.5, 0.6) is 0 Å². The number of sulfone groups is 1. The Labute approximate surface area is 165 Å². The maximum absolute atomic E-state index is 12.1.